The summed E-state index contributed by atoms with van der Waals surface area (Å²) in [5.41, 5.74) is 0.962. The number of nitrogens with zero attached hydrogens (tertiary/aromatic N) is 2. The fraction of sp³-hybridized carbons (Fsp3) is 0.312. The molecule has 1 aromatic heterocycles. The van der Waals surface area contributed by atoms with Crippen LogP contribution >= 0.6 is 0 Å². The summed E-state index contributed by atoms with van der Waals surface area (Å²) in [6.45, 7) is 0.735. The van der Waals surface area contributed by atoms with Crippen LogP contribution in [-0.4, -0.2) is 41.8 Å². The molecule has 2 aromatic rings. The summed E-state index contributed by atoms with van der Waals surface area (Å²) < 4.78 is 38.9. The van der Waals surface area contributed by atoms with Gasteiger partial charge in [0, 0.05) is 5.56 Å². The van der Waals surface area contributed by atoms with E-state index in [-0.39, 0.29) is 11.1 Å². The Kier molecular flexibility index (Phi) is 5.03. The highest BCUT2D eigenvalue weighted by Gasteiger charge is 2.24. The number of H-pyrrole nitrogens is 1. The van der Waals surface area contributed by atoms with Crippen molar-refractivity contribution in [1.82, 2.24) is 20.7 Å². The monoisotopic (exact) mass is 350 g/mol. The molecule has 0 bridgehead atoms. The third kappa shape index (κ3) is 3.66. The van der Waals surface area contributed by atoms with Crippen LogP contribution in [0.3, 0.4) is 0 Å². The quantitative estimate of drug-likeness (QED) is 0.883. The Hall–Kier alpha value is -2.81. The predicted molar refractivity (Wildman–Crippen MR) is 83.5 cm³/mol. The standard InChI is InChI=1S/C16H16F2N4O3/c1-24-16(23)20-15(13-8-19-22-21-13)10-6-11(17)14(12(18)7-10)9-2-4-25-5-3-9/h2,6-8,15H,3-5H2,1H3,(H,20,23)(H,19,21,22). The molecule has 1 aliphatic heterocycles. The van der Waals surface area contributed by atoms with E-state index < -0.39 is 23.8 Å². The van der Waals surface area contributed by atoms with Crippen LogP contribution in [0, 0.1) is 11.6 Å². The first-order valence-electron chi connectivity index (χ1n) is 7.56. The number of hydrogen-bond acceptors (Lipinski definition) is 5. The van der Waals surface area contributed by atoms with Crippen LogP contribution in [0.25, 0.3) is 5.57 Å². The van der Waals surface area contributed by atoms with Crippen LogP contribution in [0.5, 0.6) is 0 Å². The first-order chi connectivity index (χ1) is 12.1. The van der Waals surface area contributed by atoms with Gasteiger partial charge in [0.2, 0.25) is 0 Å². The number of halogens is 2. The summed E-state index contributed by atoms with van der Waals surface area (Å²) >= 11 is 0. The van der Waals surface area contributed by atoms with E-state index in [0.717, 1.165) is 0 Å². The lowest BCUT2D eigenvalue weighted by molar-refractivity contribution is 0.161. The van der Waals surface area contributed by atoms with Crippen LogP contribution in [0.1, 0.15) is 29.3 Å². The molecule has 25 heavy (non-hydrogen) atoms. The topological polar surface area (TPSA) is 89.1 Å². The molecule has 0 radical (unpaired) electrons. The first-order valence-corrected chi connectivity index (χ1v) is 7.56. The van der Waals surface area contributed by atoms with Gasteiger partial charge in [0.05, 0.1) is 26.5 Å². The van der Waals surface area contributed by atoms with Crippen LogP contribution in [0.2, 0.25) is 0 Å². The Balaban J connectivity index is 2.00. The van der Waals surface area contributed by atoms with Crippen molar-refractivity contribution in [2.24, 2.45) is 0 Å². The molecule has 0 aliphatic carbocycles. The minimum Gasteiger partial charge on any atom is -0.453 e. The molecule has 1 atom stereocenters. The van der Waals surface area contributed by atoms with Gasteiger partial charge in [-0.15, -0.1) is 0 Å². The molecule has 3 rings (SSSR count). The molecule has 1 aliphatic rings. The van der Waals surface area contributed by atoms with Gasteiger partial charge < -0.3 is 14.8 Å². The molecular formula is C16H16F2N4O3. The van der Waals surface area contributed by atoms with Gasteiger partial charge in [-0.25, -0.2) is 13.6 Å². The zero-order chi connectivity index (χ0) is 17.8. The van der Waals surface area contributed by atoms with Crippen molar-refractivity contribution in [3.8, 4) is 0 Å². The predicted octanol–water partition coefficient (Wildman–Crippen LogP) is 2.33. The Bertz CT molecular complexity index is 770. The number of carbonyl (C=O) groups excluding carboxylic acids is 1. The van der Waals surface area contributed by atoms with Crippen LogP contribution in [-0.2, 0) is 9.47 Å². The molecular weight excluding hydrogens is 334 g/mol. The van der Waals surface area contributed by atoms with Crippen LogP contribution in [0.15, 0.2) is 24.4 Å². The van der Waals surface area contributed by atoms with Crippen molar-refractivity contribution < 1.29 is 23.0 Å². The summed E-state index contributed by atoms with van der Waals surface area (Å²) in [6, 6.07) is 1.43. The zero-order valence-electron chi connectivity index (χ0n) is 13.4. The smallest absolute Gasteiger partial charge is 0.407 e. The average molecular weight is 350 g/mol. The highest BCUT2D eigenvalue weighted by atomic mass is 19.1. The number of amides is 1. The molecule has 9 heteroatoms. The van der Waals surface area contributed by atoms with Gasteiger partial charge in [-0.1, -0.05) is 6.08 Å². The molecule has 0 fully saturated rings. The largest absolute Gasteiger partial charge is 0.453 e. The van der Waals surface area contributed by atoms with E-state index >= 15 is 0 Å². The number of nitrogens with one attached hydrogen (secondary N) is 2. The number of ether oxygens (including phenoxy) is 2. The Morgan fingerprint density at radius 3 is 2.72 bits per heavy atom. The maximum Gasteiger partial charge on any atom is 0.407 e. The van der Waals surface area contributed by atoms with Crippen molar-refractivity contribution >= 4 is 11.7 Å². The summed E-state index contributed by atoms with van der Waals surface area (Å²) in [6.07, 6.45) is 2.68. The van der Waals surface area contributed by atoms with Crippen molar-refractivity contribution in [1.29, 1.82) is 0 Å². The maximum absolute atomic E-state index is 14.6. The van der Waals surface area contributed by atoms with E-state index in [1.165, 1.54) is 25.4 Å². The number of carbonyl (C=O) groups is 1. The minimum atomic E-state index is -0.909. The highest BCUT2D eigenvalue weighted by molar-refractivity contribution is 5.69. The number of aromatic amines is 1. The van der Waals surface area contributed by atoms with Crippen LogP contribution < -0.4 is 5.32 Å². The van der Waals surface area contributed by atoms with Gasteiger partial charge in [0.25, 0.3) is 0 Å². The van der Waals surface area contributed by atoms with Crippen molar-refractivity contribution in [2.75, 3.05) is 20.3 Å². The van der Waals surface area contributed by atoms with Crippen molar-refractivity contribution in [2.45, 2.75) is 12.5 Å². The number of benzene rings is 1. The summed E-state index contributed by atoms with van der Waals surface area (Å²) in [5.74, 6) is -1.44. The molecule has 0 spiro atoms. The normalized spacial score (nSPS) is 15.4. The summed E-state index contributed by atoms with van der Waals surface area (Å²) in [4.78, 5) is 11.6. The fourth-order valence-electron chi connectivity index (χ4n) is 2.67. The number of alkyl carbamates (subject to hydrolysis) is 1. The van der Waals surface area contributed by atoms with Gasteiger partial charge in [-0.2, -0.15) is 15.4 Å². The van der Waals surface area contributed by atoms with E-state index in [1.54, 1.807) is 6.08 Å². The number of rotatable bonds is 4. The van der Waals surface area contributed by atoms with Gasteiger partial charge in [0.15, 0.2) is 0 Å². The summed E-state index contributed by atoms with van der Waals surface area (Å²) in [7, 11) is 1.19. The Morgan fingerprint density at radius 2 is 2.16 bits per heavy atom. The lowest BCUT2D eigenvalue weighted by atomic mass is 9.96. The lowest BCUT2D eigenvalue weighted by Gasteiger charge is -2.19. The molecule has 132 valence electrons. The summed E-state index contributed by atoms with van der Waals surface area (Å²) in [5, 5.41) is 12.4. The molecule has 0 saturated carbocycles. The molecule has 2 N–H and O–H groups in total. The van der Waals surface area contributed by atoms with Gasteiger partial charge >= 0.3 is 6.09 Å². The van der Waals surface area contributed by atoms with Gasteiger partial charge in [0.1, 0.15) is 23.4 Å². The minimum absolute atomic E-state index is 0.0796. The van der Waals surface area contributed by atoms with E-state index in [1.807, 2.05) is 0 Å². The SMILES string of the molecule is COC(=O)NC(c1cc(F)c(C2=CCOCC2)c(F)c1)c1cn[nH]n1. The Labute approximate surface area is 142 Å². The fourth-order valence-corrected chi connectivity index (χ4v) is 2.67. The first kappa shape index (κ1) is 17.0. The van der Waals surface area contributed by atoms with Gasteiger partial charge in [-0.3, -0.25) is 0 Å². The molecule has 7 nitrogen and oxygen atoms in total. The molecule has 1 aromatic carbocycles. The maximum atomic E-state index is 14.6. The molecule has 0 saturated heterocycles. The lowest BCUT2D eigenvalue weighted by Crippen LogP contribution is -2.29. The van der Waals surface area contributed by atoms with Crippen molar-refractivity contribution in [3.05, 3.63) is 52.9 Å². The number of aromatic nitrogens is 3. The van der Waals surface area contributed by atoms with Crippen molar-refractivity contribution in [3.63, 3.8) is 0 Å². The third-order valence-corrected chi connectivity index (χ3v) is 3.86. The molecule has 2 heterocycles. The van der Waals surface area contributed by atoms with E-state index in [2.05, 4.69) is 25.5 Å². The second-order valence-electron chi connectivity index (χ2n) is 5.38. The van der Waals surface area contributed by atoms with E-state index in [0.29, 0.717) is 30.9 Å². The second kappa shape index (κ2) is 7.39. The zero-order valence-corrected chi connectivity index (χ0v) is 13.4. The van der Waals surface area contributed by atoms with E-state index in [9.17, 15) is 13.6 Å². The molecule has 1 amide bonds. The Morgan fingerprint density at radius 1 is 1.40 bits per heavy atom. The number of hydrogen-bond donors (Lipinski definition) is 2. The van der Waals surface area contributed by atoms with E-state index in [4.69, 9.17) is 4.74 Å². The van der Waals surface area contributed by atoms with Crippen LogP contribution in [0.4, 0.5) is 13.6 Å². The molecule has 1 unspecified atom stereocenters. The second-order valence-corrected chi connectivity index (χ2v) is 5.38. The number of methoxy groups -OCH3 is 1. The third-order valence-electron chi connectivity index (χ3n) is 3.86. The highest BCUT2D eigenvalue weighted by Crippen LogP contribution is 2.30. The average Bonchev–Trinajstić information content (AvgIpc) is 3.14. The van der Waals surface area contributed by atoms with Gasteiger partial charge in [-0.05, 0) is 29.7 Å².